The van der Waals surface area contributed by atoms with Gasteiger partial charge in [0.15, 0.2) is 0 Å². The highest BCUT2D eigenvalue weighted by Crippen LogP contribution is 2.31. The molecule has 1 aromatic carbocycles. The molecule has 0 spiro atoms. The minimum absolute atomic E-state index is 0.0176. The zero-order valence-electron chi connectivity index (χ0n) is 12.5. The van der Waals surface area contributed by atoms with Crippen molar-refractivity contribution in [1.82, 2.24) is 5.32 Å². The highest BCUT2D eigenvalue weighted by Gasteiger charge is 2.40. The van der Waals surface area contributed by atoms with Crippen LogP contribution >= 0.6 is 0 Å². The van der Waals surface area contributed by atoms with E-state index in [9.17, 15) is 9.90 Å². The molecule has 1 aliphatic heterocycles. The van der Waals surface area contributed by atoms with Crippen LogP contribution in [0.3, 0.4) is 0 Å². The molecule has 4 heteroatoms. The second-order valence-corrected chi connectivity index (χ2v) is 6.37. The van der Waals surface area contributed by atoms with Gasteiger partial charge in [-0.05, 0) is 43.7 Å². The zero-order valence-corrected chi connectivity index (χ0v) is 12.5. The average molecular weight is 289 g/mol. The number of aliphatic hydroxyl groups is 1. The third-order valence-electron chi connectivity index (χ3n) is 4.81. The third kappa shape index (κ3) is 2.83. The fourth-order valence-electron chi connectivity index (χ4n) is 3.56. The van der Waals surface area contributed by atoms with Gasteiger partial charge in [-0.3, -0.25) is 4.79 Å². The third-order valence-corrected chi connectivity index (χ3v) is 4.81. The fraction of sp³-hybridized carbons (Fsp3) is 0.588. The van der Waals surface area contributed by atoms with E-state index in [2.05, 4.69) is 17.4 Å². The number of carbonyl (C=O) groups is 1. The predicted octanol–water partition coefficient (Wildman–Crippen LogP) is 1.45. The Hall–Kier alpha value is -1.39. The number of hydrogen-bond acceptors (Lipinski definition) is 3. The number of carbonyl (C=O) groups excluding carboxylic acids is 1. The van der Waals surface area contributed by atoms with Gasteiger partial charge in [0.2, 0.25) is 5.91 Å². The van der Waals surface area contributed by atoms with Crippen molar-refractivity contribution in [2.24, 2.45) is 5.92 Å². The number of benzene rings is 1. The van der Waals surface area contributed by atoms with Crippen LogP contribution in [-0.2, 0) is 22.4 Å². The van der Waals surface area contributed by atoms with Gasteiger partial charge >= 0.3 is 0 Å². The van der Waals surface area contributed by atoms with Crippen LogP contribution in [0.4, 0.5) is 0 Å². The number of amides is 1. The van der Waals surface area contributed by atoms with Gasteiger partial charge in [-0.2, -0.15) is 0 Å². The first-order valence-corrected chi connectivity index (χ1v) is 7.75. The molecule has 1 fully saturated rings. The molecule has 1 aliphatic carbocycles. The predicted molar refractivity (Wildman–Crippen MR) is 79.9 cm³/mol. The van der Waals surface area contributed by atoms with E-state index in [1.54, 1.807) is 0 Å². The molecule has 2 atom stereocenters. The van der Waals surface area contributed by atoms with Gasteiger partial charge in [0.1, 0.15) is 0 Å². The smallest absolute Gasteiger partial charge is 0.226 e. The lowest BCUT2D eigenvalue weighted by Crippen LogP contribution is -2.55. The topological polar surface area (TPSA) is 58.6 Å². The molecule has 2 unspecified atom stereocenters. The summed E-state index contributed by atoms with van der Waals surface area (Å²) in [5.41, 5.74) is 1.90. The molecule has 1 heterocycles. The lowest BCUT2D eigenvalue weighted by atomic mass is 9.91. The Morgan fingerprint density at radius 2 is 2.05 bits per heavy atom. The van der Waals surface area contributed by atoms with Crippen molar-refractivity contribution in [3.8, 4) is 0 Å². The van der Waals surface area contributed by atoms with Crippen molar-refractivity contribution in [3.63, 3.8) is 0 Å². The molecule has 4 nitrogen and oxygen atoms in total. The van der Waals surface area contributed by atoms with Crippen LogP contribution in [0, 0.1) is 5.92 Å². The molecule has 21 heavy (non-hydrogen) atoms. The lowest BCUT2D eigenvalue weighted by Gasteiger charge is -2.34. The SMILES string of the molecule is CC1OCCCC1C(=O)NC1(CO)Cc2ccccc2C1. The van der Waals surface area contributed by atoms with E-state index >= 15 is 0 Å². The summed E-state index contributed by atoms with van der Waals surface area (Å²) in [4.78, 5) is 12.6. The molecule has 114 valence electrons. The van der Waals surface area contributed by atoms with Crippen LogP contribution in [0.1, 0.15) is 30.9 Å². The Bertz CT molecular complexity index is 504. The number of rotatable bonds is 3. The van der Waals surface area contributed by atoms with Gasteiger partial charge in [-0.1, -0.05) is 24.3 Å². The number of aliphatic hydroxyl groups excluding tert-OH is 1. The number of hydrogen-bond donors (Lipinski definition) is 2. The van der Waals surface area contributed by atoms with E-state index < -0.39 is 5.54 Å². The largest absolute Gasteiger partial charge is 0.394 e. The maximum Gasteiger partial charge on any atom is 0.226 e. The molecule has 0 radical (unpaired) electrons. The van der Waals surface area contributed by atoms with E-state index in [1.165, 1.54) is 11.1 Å². The summed E-state index contributed by atoms with van der Waals surface area (Å²) in [6.45, 7) is 2.66. The highest BCUT2D eigenvalue weighted by atomic mass is 16.5. The Kier molecular flexibility index (Phi) is 4.00. The van der Waals surface area contributed by atoms with Gasteiger partial charge in [0.25, 0.3) is 0 Å². The molecular weight excluding hydrogens is 266 g/mol. The number of ether oxygens (including phenoxy) is 1. The summed E-state index contributed by atoms with van der Waals surface area (Å²) in [7, 11) is 0. The Morgan fingerprint density at radius 1 is 1.38 bits per heavy atom. The average Bonchev–Trinajstić information content (AvgIpc) is 2.86. The molecule has 0 aromatic heterocycles. The summed E-state index contributed by atoms with van der Waals surface area (Å²) < 4.78 is 5.58. The number of fused-ring (bicyclic) bond motifs is 1. The monoisotopic (exact) mass is 289 g/mol. The molecular formula is C17H23NO3. The van der Waals surface area contributed by atoms with Crippen molar-refractivity contribution in [2.45, 2.75) is 44.2 Å². The second kappa shape index (κ2) is 5.78. The Balaban J connectivity index is 1.72. The summed E-state index contributed by atoms with van der Waals surface area (Å²) in [6, 6.07) is 8.16. The molecule has 1 saturated heterocycles. The molecule has 2 aliphatic rings. The Labute approximate surface area is 125 Å². The molecule has 3 rings (SSSR count). The van der Waals surface area contributed by atoms with Gasteiger partial charge < -0.3 is 15.2 Å². The maximum absolute atomic E-state index is 12.6. The maximum atomic E-state index is 12.6. The second-order valence-electron chi connectivity index (χ2n) is 6.37. The van der Waals surface area contributed by atoms with Crippen molar-refractivity contribution >= 4 is 5.91 Å². The van der Waals surface area contributed by atoms with Crippen molar-refractivity contribution in [1.29, 1.82) is 0 Å². The van der Waals surface area contributed by atoms with Crippen LogP contribution in [0.2, 0.25) is 0 Å². The van der Waals surface area contributed by atoms with Crippen LogP contribution < -0.4 is 5.32 Å². The minimum atomic E-state index is -0.544. The van der Waals surface area contributed by atoms with E-state index in [0.717, 1.165) is 19.4 Å². The van der Waals surface area contributed by atoms with Gasteiger partial charge in [-0.25, -0.2) is 0 Å². The van der Waals surface area contributed by atoms with E-state index in [-0.39, 0.29) is 24.5 Å². The first kappa shape index (κ1) is 14.5. The molecule has 1 amide bonds. The van der Waals surface area contributed by atoms with Crippen molar-refractivity contribution in [3.05, 3.63) is 35.4 Å². The van der Waals surface area contributed by atoms with Gasteiger partial charge in [0.05, 0.1) is 24.2 Å². The van der Waals surface area contributed by atoms with E-state index in [1.807, 2.05) is 19.1 Å². The normalized spacial score (nSPS) is 27.1. The molecule has 2 N–H and O–H groups in total. The van der Waals surface area contributed by atoms with Gasteiger partial charge in [0, 0.05) is 6.61 Å². The zero-order chi connectivity index (χ0) is 14.9. The summed E-state index contributed by atoms with van der Waals surface area (Å²) in [5.74, 6) is -0.0880. The van der Waals surface area contributed by atoms with Crippen LogP contribution in [0.25, 0.3) is 0 Å². The first-order valence-electron chi connectivity index (χ1n) is 7.75. The summed E-state index contributed by atoms with van der Waals surface area (Å²) in [5, 5.41) is 13.0. The van der Waals surface area contributed by atoms with E-state index in [4.69, 9.17) is 4.74 Å². The molecule has 0 bridgehead atoms. The molecule has 1 aromatic rings. The minimum Gasteiger partial charge on any atom is -0.394 e. The summed E-state index contributed by atoms with van der Waals surface area (Å²) in [6.07, 6.45) is 3.15. The van der Waals surface area contributed by atoms with Crippen LogP contribution in [0.5, 0.6) is 0 Å². The Morgan fingerprint density at radius 3 is 2.62 bits per heavy atom. The van der Waals surface area contributed by atoms with Crippen molar-refractivity contribution in [2.75, 3.05) is 13.2 Å². The standard InChI is InChI=1S/C17H23NO3/c1-12-15(7-4-8-21-12)16(20)18-17(11-19)9-13-5-2-3-6-14(13)10-17/h2-3,5-6,12,15,19H,4,7-11H2,1H3,(H,18,20). The van der Waals surface area contributed by atoms with Crippen LogP contribution in [-0.4, -0.2) is 35.9 Å². The fourth-order valence-corrected chi connectivity index (χ4v) is 3.56. The quantitative estimate of drug-likeness (QED) is 0.885. The first-order chi connectivity index (χ1) is 10.1. The highest BCUT2D eigenvalue weighted by molar-refractivity contribution is 5.80. The lowest BCUT2D eigenvalue weighted by molar-refractivity contribution is -0.135. The van der Waals surface area contributed by atoms with Crippen LogP contribution in [0.15, 0.2) is 24.3 Å². The van der Waals surface area contributed by atoms with Crippen molar-refractivity contribution < 1.29 is 14.6 Å². The summed E-state index contributed by atoms with van der Waals surface area (Å²) >= 11 is 0. The number of nitrogens with one attached hydrogen (secondary N) is 1. The van der Waals surface area contributed by atoms with Gasteiger partial charge in [-0.15, -0.1) is 0 Å². The molecule has 0 saturated carbocycles. The van der Waals surface area contributed by atoms with E-state index in [0.29, 0.717) is 12.8 Å².